The molecule has 0 bridgehead atoms. The summed E-state index contributed by atoms with van der Waals surface area (Å²) in [5.74, 6) is 0.959. The van der Waals surface area contributed by atoms with Gasteiger partial charge in [-0.1, -0.05) is 179 Å². The Labute approximate surface area is 203 Å². The van der Waals surface area contributed by atoms with Crippen LogP contribution in [0.4, 0.5) is 0 Å². The van der Waals surface area contributed by atoms with E-state index in [9.17, 15) is 0 Å². The van der Waals surface area contributed by atoms with E-state index in [1.165, 1.54) is 116 Å². The van der Waals surface area contributed by atoms with Crippen LogP contribution in [0.1, 0.15) is 192 Å². The largest absolute Gasteiger partial charge is 0.0683 e. The van der Waals surface area contributed by atoms with Crippen LogP contribution in [0.15, 0.2) is 0 Å². The van der Waals surface area contributed by atoms with E-state index in [0.717, 1.165) is 5.92 Å². The van der Waals surface area contributed by atoms with E-state index in [1.54, 1.807) is 0 Å². The molecule has 1 atom stereocenters. The van der Waals surface area contributed by atoms with Gasteiger partial charge >= 0.3 is 0 Å². The van der Waals surface area contributed by atoms with Crippen molar-refractivity contribution in [1.29, 1.82) is 0 Å². The van der Waals surface area contributed by atoms with Crippen LogP contribution in [0.3, 0.4) is 0 Å². The van der Waals surface area contributed by atoms with Gasteiger partial charge in [0.1, 0.15) is 0 Å². The lowest BCUT2D eigenvalue weighted by atomic mass is 9.81. The van der Waals surface area contributed by atoms with Crippen LogP contribution in [0.5, 0.6) is 0 Å². The molecule has 0 aliphatic heterocycles. The molecule has 0 fully saturated rings. The molecule has 1 unspecified atom stereocenters. The van der Waals surface area contributed by atoms with Gasteiger partial charge in [-0.25, -0.2) is 0 Å². The summed E-state index contributed by atoms with van der Waals surface area (Å²) in [6.45, 7) is 24.1. The number of hydrogen-bond acceptors (Lipinski definition) is 0. The lowest BCUT2D eigenvalue weighted by molar-refractivity contribution is 0.282. The predicted molar refractivity (Wildman–Crippen MR) is 151 cm³/mol. The maximum absolute atomic E-state index is 2.49. The smallest absolute Gasteiger partial charge is 0.0354 e. The van der Waals surface area contributed by atoms with E-state index in [-0.39, 0.29) is 0 Å². The molecule has 0 N–H and O–H groups in total. The van der Waals surface area contributed by atoms with Crippen molar-refractivity contribution in [2.45, 2.75) is 192 Å². The van der Waals surface area contributed by atoms with Crippen molar-refractivity contribution >= 4 is 0 Å². The second-order valence-corrected chi connectivity index (χ2v) is 9.59. The Bertz CT molecular complexity index is 253. The standard InChI is InChI=1S/C25H52.3C2H6/c1-6-8-10-12-13-16-20-24(3)21-17-14-15-19-23-25(4,5)22-18-11-9-7-2;3*1-2/h24H,6-23H2,1-5H3;3*1-2H3. The Morgan fingerprint density at radius 1 is 0.452 bits per heavy atom. The molecule has 0 aliphatic carbocycles. The lowest BCUT2D eigenvalue weighted by Crippen LogP contribution is -2.11. The summed E-state index contributed by atoms with van der Waals surface area (Å²) < 4.78 is 0. The second-order valence-electron chi connectivity index (χ2n) is 9.59. The van der Waals surface area contributed by atoms with Gasteiger partial charge in [0.05, 0.1) is 0 Å². The minimum absolute atomic E-state index is 0.582. The number of unbranched alkanes of at least 4 members (excludes halogenated alkanes) is 11. The van der Waals surface area contributed by atoms with Gasteiger partial charge in [0.15, 0.2) is 0 Å². The van der Waals surface area contributed by atoms with Crippen molar-refractivity contribution in [3.8, 4) is 0 Å². The first-order chi connectivity index (χ1) is 15.0. The molecule has 194 valence electrons. The summed E-state index contributed by atoms with van der Waals surface area (Å²) in [6.07, 6.45) is 26.0. The fourth-order valence-electron chi connectivity index (χ4n) is 4.02. The topological polar surface area (TPSA) is 0 Å². The summed E-state index contributed by atoms with van der Waals surface area (Å²) in [5, 5.41) is 0. The highest BCUT2D eigenvalue weighted by molar-refractivity contribution is 4.69. The monoisotopic (exact) mass is 443 g/mol. The van der Waals surface area contributed by atoms with Gasteiger partial charge in [-0.2, -0.15) is 0 Å². The first-order valence-corrected chi connectivity index (χ1v) is 15.0. The summed E-state index contributed by atoms with van der Waals surface area (Å²) >= 11 is 0. The molecule has 0 radical (unpaired) electrons. The van der Waals surface area contributed by atoms with Gasteiger partial charge in [0.25, 0.3) is 0 Å². The summed E-state index contributed by atoms with van der Waals surface area (Å²) in [6, 6.07) is 0. The van der Waals surface area contributed by atoms with Crippen molar-refractivity contribution in [2.75, 3.05) is 0 Å². The first kappa shape index (κ1) is 38.3. The lowest BCUT2D eigenvalue weighted by Gasteiger charge is -2.24. The van der Waals surface area contributed by atoms with Crippen LogP contribution in [-0.4, -0.2) is 0 Å². The van der Waals surface area contributed by atoms with Crippen LogP contribution in [0.25, 0.3) is 0 Å². The molecule has 0 amide bonds. The molecule has 0 heterocycles. The molecule has 0 rings (SSSR count). The van der Waals surface area contributed by atoms with Gasteiger partial charge in [0.2, 0.25) is 0 Å². The fraction of sp³-hybridized carbons (Fsp3) is 1.00. The quantitative estimate of drug-likeness (QED) is 0.174. The van der Waals surface area contributed by atoms with Gasteiger partial charge < -0.3 is 0 Å². The van der Waals surface area contributed by atoms with Gasteiger partial charge in [0, 0.05) is 0 Å². The minimum atomic E-state index is 0.582. The van der Waals surface area contributed by atoms with E-state index in [0.29, 0.717) is 5.41 Å². The van der Waals surface area contributed by atoms with E-state index in [4.69, 9.17) is 0 Å². The van der Waals surface area contributed by atoms with Crippen molar-refractivity contribution in [3.63, 3.8) is 0 Å². The zero-order valence-electron chi connectivity index (χ0n) is 24.8. The van der Waals surface area contributed by atoms with Gasteiger partial charge in [-0.05, 0) is 24.2 Å². The third-order valence-corrected chi connectivity index (χ3v) is 6.06. The molecule has 31 heavy (non-hydrogen) atoms. The first-order valence-electron chi connectivity index (χ1n) is 15.0. The van der Waals surface area contributed by atoms with E-state index in [1.807, 2.05) is 41.5 Å². The molecule has 0 aliphatic rings. The van der Waals surface area contributed by atoms with E-state index >= 15 is 0 Å². The molecule has 0 saturated heterocycles. The summed E-state index contributed by atoms with van der Waals surface area (Å²) in [7, 11) is 0. The Morgan fingerprint density at radius 2 is 0.742 bits per heavy atom. The molecule has 0 aromatic carbocycles. The Morgan fingerprint density at radius 3 is 1.13 bits per heavy atom. The molecule has 0 aromatic rings. The maximum atomic E-state index is 2.49. The molecule has 0 heteroatoms. The zero-order valence-corrected chi connectivity index (χ0v) is 24.8. The zero-order chi connectivity index (χ0) is 24.8. The van der Waals surface area contributed by atoms with Crippen LogP contribution in [0.2, 0.25) is 0 Å². The molecule has 0 spiro atoms. The van der Waals surface area contributed by atoms with Crippen molar-refractivity contribution < 1.29 is 0 Å². The number of rotatable bonds is 19. The highest BCUT2D eigenvalue weighted by Gasteiger charge is 2.16. The highest BCUT2D eigenvalue weighted by atomic mass is 14.2. The number of hydrogen-bond donors (Lipinski definition) is 0. The van der Waals surface area contributed by atoms with Crippen LogP contribution >= 0.6 is 0 Å². The van der Waals surface area contributed by atoms with E-state index < -0.39 is 0 Å². The molecular weight excluding hydrogens is 372 g/mol. The second kappa shape index (κ2) is 34.6. The van der Waals surface area contributed by atoms with Gasteiger partial charge in [-0.3, -0.25) is 0 Å². The minimum Gasteiger partial charge on any atom is -0.0683 e. The molecule has 0 aromatic heterocycles. The van der Waals surface area contributed by atoms with Crippen molar-refractivity contribution in [3.05, 3.63) is 0 Å². The average molecular weight is 443 g/mol. The van der Waals surface area contributed by atoms with Crippen LogP contribution in [-0.2, 0) is 0 Å². The average Bonchev–Trinajstić information content (AvgIpc) is 2.80. The highest BCUT2D eigenvalue weighted by Crippen LogP contribution is 2.30. The molecule has 0 saturated carbocycles. The third kappa shape index (κ3) is 37.6. The van der Waals surface area contributed by atoms with Crippen molar-refractivity contribution in [1.82, 2.24) is 0 Å². The SMILES string of the molecule is CC.CC.CC.CCCCCCCCC(C)CCCCCCC(C)(C)CCCCCC. The fourth-order valence-corrected chi connectivity index (χ4v) is 4.02. The van der Waals surface area contributed by atoms with Crippen LogP contribution < -0.4 is 0 Å². The Balaban J connectivity index is -0.000000554. The third-order valence-electron chi connectivity index (χ3n) is 6.06. The Kier molecular flexibility index (Phi) is 42.7. The summed E-state index contributed by atoms with van der Waals surface area (Å²) in [5.41, 5.74) is 0.582. The normalized spacial score (nSPS) is 11.3. The van der Waals surface area contributed by atoms with Crippen molar-refractivity contribution in [2.24, 2.45) is 11.3 Å². The maximum Gasteiger partial charge on any atom is -0.0354 e. The van der Waals surface area contributed by atoms with Crippen LogP contribution in [0, 0.1) is 11.3 Å². The van der Waals surface area contributed by atoms with E-state index in [2.05, 4.69) is 34.6 Å². The molecule has 0 nitrogen and oxygen atoms in total. The predicted octanol–water partition coefficient (Wildman–Crippen LogP) is 12.8. The Hall–Kier alpha value is 0. The molecular formula is C31H70. The summed E-state index contributed by atoms with van der Waals surface area (Å²) in [4.78, 5) is 0. The van der Waals surface area contributed by atoms with Gasteiger partial charge in [-0.15, -0.1) is 0 Å².